The second-order valence-corrected chi connectivity index (χ2v) is 6.10. The van der Waals surface area contributed by atoms with Crippen LogP contribution in [0.2, 0.25) is 0 Å². The number of thiophene rings is 1. The number of ether oxygens (including phenoxy) is 1. The van der Waals surface area contributed by atoms with Crippen LogP contribution in [0.3, 0.4) is 0 Å². The molecule has 1 atom stereocenters. The minimum atomic E-state index is -0.480. The molecule has 0 radical (unpaired) electrons. The van der Waals surface area contributed by atoms with Gasteiger partial charge in [0, 0.05) is 19.0 Å². The lowest BCUT2D eigenvalue weighted by atomic mass is 10.1. The van der Waals surface area contributed by atoms with Crippen molar-refractivity contribution in [3.63, 3.8) is 0 Å². The molecule has 2 rings (SSSR count). The van der Waals surface area contributed by atoms with Crippen LogP contribution in [-0.2, 0) is 14.3 Å². The molecule has 1 aromatic rings. The number of amides is 2. The molecular weight excluding hydrogens is 292 g/mol. The van der Waals surface area contributed by atoms with Crippen molar-refractivity contribution in [3.8, 4) is 0 Å². The second kappa shape index (κ2) is 6.26. The standard InChI is InChI=1S/C14H18N2O4S/c1-8(2)16-7-9(6-11(16)17)13(18)15-10-4-5-21-12(10)14(19)20-3/h4-5,8-9H,6-7H2,1-3H3,(H,15,18). The molecule has 0 aromatic carbocycles. The molecule has 2 heterocycles. The number of hydrogen-bond acceptors (Lipinski definition) is 5. The summed E-state index contributed by atoms with van der Waals surface area (Å²) >= 11 is 1.21. The Bertz CT molecular complexity index is 567. The molecule has 114 valence electrons. The summed E-state index contributed by atoms with van der Waals surface area (Å²) in [6.07, 6.45) is 0.210. The highest BCUT2D eigenvalue weighted by atomic mass is 32.1. The van der Waals surface area contributed by atoms with Crippen molar-refractivity contribution in [3.05, 3.63) is 16.3 Å². The van der Waals surface area contributed by atoms with E-state index in [2.05, 4.69) is 10.1 Å². The van der Waals surface area contributed by atoms with E-state index in [0.29, 0.717) is 17.1 Å². The molecule has 1 saturated heterocycles. The molecule has 7 heteroatoms. The zero-order chi connectivity index (χ0) is 15.6. The topological polar surface area (TPSA) is 75.7 Å². The largest absolute Gasteiger partial charge is 0.465 e. The van der Waals surface area contributed by atoms with Gasteiger partial charge in [0.2, 0.25) is 11.8 Å². The Hall–Kier alpha value is -1.89. The summed E-state index contributed by atoms with van der Waals surface area (Å²) in [4.78, 5) is 37.7. The van der Waals surface area contributed by atoms with Crippen molar-refractivity contribution in [2.75, 3.05) is 19.0 Å². The fraction of sp³-hybridized carbons (Fsp3) is 0.500. The van der Waals surface area contributed by atoms with Gasteiger partial charge in [0.05, 0.1) is 18.7 Å². The fourth-order valence-corrected chi connectivity index (χ4v) is 3.07. The van der Waals surface area contributed by atoms with Crippen LogP contribution in [0, 0.1) is 5.92 Å². The lowest BCUT2D eigenvalue weighted by molar-refractivity contribution is -0.129. The summed E-state index contributed by atoms with van der Waals surface area (Å²) in [5.41, 5.74) is 0.437. The first kappa shape index (κ1) is 15.5. The van der Waals surface area contributed by atoms with Crippen LogP contribution in [-0.4, -0.2) is 42.4 Å². The van der Waals surface area contributed by atoms with Gasteiger partial charge in [-0.05, 0) is 25.3 Å². The Morgan fingerprint density at radius 2 is 2.19 bits per heavy atom. The maximum atomic E-state index is 12.3. The molecule has 0 spiro atoms. The third kappa shape index (κ3) is 3.24. The Balaban J connectivity index is 2.05. The summed E-state index contributed by atoms with van der Waals surface area (Å²) in [6, 6.07) is 1.74. The van der Waals surface area contributed by atoms with Crippen molar-refractivity contribution >= 4 is 34.8 Å². The molecule has 2 amide bonds. The molecule has 1 aliphatic heterocycles. The van der Waals surface area contributed by atoms with Crippen LogP contribution in [0.15, 0.2) is 11.4 Å². The summed E-state index contributed by atoms with van der Waals surface area (Å²) in [5, 5.41) is 4.43. The van der Waals surface area contributed by atoms with Crippen LogP contribution in [0.4, 0.5) is 5.69 Å². The molecule has 6 nitrogen and oxygen atoms in total. The molecule has 0 saturated carbocycles. The predicted octanol–water partition coefficient (Wildman–Crippen LogP) is 1.73. The highest BCUT2D eigenvalue weighted by Gasteiger charge is 2.35. The Morgan fingerprint density at radius 1 is 1.48 bits per heavy atom. The van der Waals surface area contributed by atoms with Crippen molar-refractivity contribution in [1.29, 1.82) is 0 Å². The van der Waals surface area contributed by atoms with Gasteiger partial charge in [0.1, 0.15) is 4.88 Å². The summed E-state index contributed by atoms with van der Waals surface area (Å²) in [7, 11) is 1.30. The van der Waals surface area contributed by atoms with Gasteiger partial charge in [-0.15, -0.1) is 11.3 Å². The van der Waals surface area contributed by atoms with E-state index >= 15 is 0 Å². The third-order valence-electron chi connectivity index (χ3n) is 3.45. The highest BCUT2D eigenvalue weighted by molar-refractivity contribution is 7.12. The third-order valence-corrected chi connectivity index (χ3v) is 4.34. The van der Waals surface area contributed by atoms with Crippen molar-refractivity contribution in [1.82, 2.24) is 4.90 Å². The van der Waals surface area contributed by atoms with Crippen LogP contribution >= 0.6 is 11.3 Å². The molecule has 1 aromatic heterocycles. The van der Waals surface area contributed by atoms with Gasteiger partial charge in [-0.2, -0.15) is 0 Å². The first-order valence-corrected chi connectivity index (χ1v) is 7.58. The first-order valence-electron chi connectivity index (χ1n) is 6.70. The maximum absolute atomic E-state index is 12.3. The minimum Gasteiger partial charge on any atom is -0.465 e. The average molecular weight is 310 g/mol. The number of carbonyl (C=O) groups is 3. The highest BCUT2D eigenvalue weighted by Crippen LogP contribution is 2.26. The number of nitrogens with one attached hydrogen (secondary N) is 1. The number of methoxy groups -OCH3 is 1. The molecule has 0 aliphatic carbocycles. The van der Waals surface area contributed by atoms with E-state index in [1.807, 2.05) is 13.8 Å². The van der Waals surface area contributed by atoms with E-state index in [-0.39, 0.29) is 30.2 Å². The van der Waals surface area contributed by atoms with E-state index in [1.165, 1.54) is 18.4 Å². The van der Waals surface area contributed by atoms with Crippen LogP contribution in [0.25, 0.3) is 0 Å². The summed E-state index contributed by atoms with van der Waals surface area (Å²) < 4.78 is 4.67. The van der Waals surface area contributed by atoms with Gasteiger partial charge in [-0.25, -0.2) is 4.79 Å². The molecule has 1 fully saturated rings. The van der Waals surface area contributed by atoms with E-state index in [1.54, 1.807) is 16.3 Å². The molecule has 1 aliphatic rings. The molecule has 1 unspecified atom stereocenters. The molecular formula is C14H18N2O4S. The Kier molecular flexibility index (Phi) is 4.62. The number of hydrogen-bond donors (Lipinski definition) is 1. The predicted molar refractivity (Wildman–Crippen MR) is 79.2 cm³/mol. The number of esters is 1. The van der Waals surface area contributed by atoms with Gasteiger partial charge in [0.15, 0.2) is 0 Å². The quantitative estimate of drug-likeness (QED) is 0.859. The smallest absolute Gasteiger partial charge is 0.350 e. The van der Waals surface area contributed by atoms with E-state index in [9.17, 15) is 14.4 Å². The second-order valence-electron chi connectivity index (χ2n) is 5.19. The SMILES string of the molecule is COC(=O)c1sccc1NC(=O)C1CC(=O)N(C(C)C)C1. The van der Waals surface area contributed by atoms with Gasteiger partial charge >= 0.3 is 5.97 Å². The summed E-state index contributed by atoms with van der Waals surface area (Å²) in [5.74, 6) is -1.12. The Morgan fingerprint density at radius 3 is 2.76 bits per heavy atom. The van der Waals surface area contributed by atoms with Crippen molar-refractivity contribution in [2.24, 2.45) is 5.92 Å². The van der Waals surface area contributed by atoms with Crippen LogP contribution < -0.4 is 5.32 Å². The Labute approximate surface area is 127 Å². The van der Waals surface area contributed by atoms with Crippen molar-refractivity contribution in [2.45, 2.75) is 26.3 Å². The lowest BCUT2D eigenvalue weighted by Gasteiger charge is -2.20. The summed E-state index contributed by atoms with van der Waals surface area (Å²) in [6.45, 7) is 4.26. The zero-order valence-corrected chi connectivity index (χ0v) is 13.0. The minimum absolute atomic E-state index is 0.0105. The van der Waals surface area contributed by atoms with Gasteiger partial charge < -0.3 is 15.0 Å². The van der Waals surface area contributed by atoms with E-state index in [4.69, 9.17) is 0 Å². The first-order chi connectivity index (χ1) is 9.93. The number of anilines is 1. The molecule has 1 N–H and O–H groups in total. The number of carbonyl (C=O) groups excluding carboxylic acids is 3. The van der Waals surface area contributed by atoms with E-state index < -0.39 is 5.97 Å². The lowest BCUT2D eigenvalue weighted by Crippen LogP contribution is -2.33. The van der Waals surface area contributed by atoms with Gasteiger partial charge in [0.25, 0.3) is 0 Å². The number of rotatable bonds is 4. The van der Waals surface area contributed by atoms with Crippen LogP contribution in [0.1, 0.15) is 29.9 Å². The fourth-order valence-electron chi connectivity index (χ4n) is 2.30. The number of likely N-dealkylation sites (tertiary alicyclic amines) is 1. The van der Waals surface area contributed by atoms with Gasteiger partial charge in [-0.3, -0.25) is 9.59 Å². The van der Waals surface area contributed by atoms with E-state index in [0.717, 1.165) is 0 Å². The normalized spacial score (nSPS) is 18.2. The number of nitrogens with zero attached hydrogens (tertiary/aromatic N) is 1. The monoisotopic (exact) mass is 310 g/mol. The van der Waals surface area contributed by atoms with Crippen molar-refractivity contribution < 1.29 is 19.1 Å². The maximum Gasteiger partial charge on any atom is 0.350 e. The molecule has 21 heavy (non-hydrogen) atoms. The average Bonchev–Trinajstić information content (AvgIpc) is 3.04. The zero-order valence-electron chi connectivity index (χ0n) is 12.2. The van der Waals surface area contributed by atoms with Crippen LogP contribution in [0.5, 0.6) is 0 Å². The van der Waals surface area contributed by atoms with Gasteiger partial charge in [-0.1, -0.05) is 0 Å². The molecule has 0 bridgehead atoms.